The van der Waals surface area contributed by atoms with Crippen LogP contribution >= 0.6 is 0 Å². The van der Waals surface area contributed by atoms with Crippen LogP contribution in [-0.4, -0.2) is 17.2 Å². The third kappa shape index (κ3) is 2.01. The van der Waals surface area contributed by atoms with Gasteiger partial charge in [-0.2, -0.15) is 0 Å². The number of carbonyl (C=O) groups is 1. The number of carbonyl (C=O) groups excluding carboxylic acids is 1. The van der Waals surface area contributed by atoms with Crippen LogP contribution < -0.4 is 5.32 Å². The lowest BCUT2D eigenvalue weighted by Crippen LogP contribution is -2.32. The number of aliphatic hydroxyl groups is 1. The number of hydrogen-bond acceptors (Lipinski definition) is 2. The van der Waals surface area contributed by atoms with Crippen molar-refractivity contribution in [1.82, 2.24) is 5.32 Å². The molecule has 1 atom stereocenters. The van der Waals surface area contributed by atoms with Crippen molar-refractivity contribution < 1.29 is 9.90 Å². The minimum absolute atomic E-state index is 0.0278. The zero-order chi connectivity index (χ0) is 6.69. The van der Waals surface area contributed by atoms with Crippen molar-refractivity contribution in [1.29, 1.82) is 0 Å². The molecule has 1 aliphatic heterocycles. The quantitative estimate of drug-likeness (QED) is 0.483. The molecule has 0 spiro atoms. The molecule has 0 aliphatic carbocycles. The standard InChI is InChI=1S/C6H11NO2/c8-5-3-1-2-4-6(9)7-5/h5,8H,1-4H2,(H,7,9). The molecular weight excluding hydrogens is 118 g/mol. The fourth-order valence-electron chi connectivity index (χ4n) is 0.953. The van der Waals surface area contributed by atoms with Gasteiger partial charge in [-0.15, -0.1) is 0 Å². The number of hydrogen-bond donors (Lipinski definition) is 2. The van der Waals surface area contributed by atoms with E-state index < -0.39 is 6.23 Å². The molecule has 1 aliphatic rings. The zero-order valence-corrected chi connectivity index (χ0v) is 5.26. The molecule has 1 unspecified atom stereocenters. The van der Waals surface area contributed by atoms with Gasteiger partial charge in [0.05, 0.1) is 0 Å². The van der Waals surface area contributed by atoms with Gasteiger partial charge in [0.25, 0.3) is 0 Å². The SMILES string of the molecule is O=C1CCCCC(O)N1. The molecule has 0 radical (unpaired) electrons. The van der Waals surface area contributed by atoms with Crippen LogP contribution in [0.2, 0.25) is 0 Å². The van der Waals surface area contributed by atoms with Crippen molar-refractivity contribution in [2.75, 3.05) is 0 Å². The summed E-state index contributed by atoms with van der Waals surface area (Å²) in [6.07, 6.45) is 2.52. The van der Waals surface area contributed by atoms with E-state index in [1.54, 1.807) is 0 Å². The first-order chi connectivity index (χ1) is 4.29. The fraction of sp³-hybridized carbons (Fsp3) is 0.833. The van der Waals surface area contributed by atoms with Crippen molar-refractivity contribution in [2.24, 2.45) is 0 Å². The highest BCUT2D eigenvalue weighted by Crippen LogP contribution is 2.06. The molecular formula is C6H11NO2. The third-order valence-corrected chi connectivity index (χ3v) is 1.46. The van der Waals surface area contributed by atoms with Crippen LogP contribution in [0.25, 0.3) is 0 Å². The summed E-state index contributed by atoms with van der Waals surface area (Å²) in [7, 11) is 0. The predicted molar refractivity (Wildman–Crippen MR) is 32.6 cm³/mol. The van der Waals surface area contributed by atoms with E-state index in [1.807, 2.05) is 0 Å². The Morgan fingerprint density at radius 1 is 1.56 bits per heavy atom. The Labute approximate surface area is 54.1 Å². The second-order valence-corrected chi connectivity index (χ2v) is 2.33. The van der Waals surface area contributed by atoms with Crippen molar-refractivity contribution in [3.05, 3.63) is 0 Å². The van der Waals surface area contributed by atoms with Crippen LogP contribution in [0.1, 0.15) is 25.7 Å². The molecule has 1 amide bonds. The average molecular weight is 129 g/mol. The van der Waals surface area contributed by atoms with E-state index in [1.165, 1.54) is 0 Å². The van der Waals surface area contributed by atoms with Gasteiger partial charge in [0.15, 0.2) is 0 Å². The topological polar surface area (TPSA) is 49.3 Å². The van der Waals surface area contributed by atoms with Gasteiger partial charge >= 0.3 is 0 Å². The molecule has 1 rings (SSSR count). The van der Waals surface area contributed by atoms with E-state index in [4.69, 9.17) is 5.11 Å². The van der Waals surface area contributed by atoms with Crippen LogP contribution in [0.4, 0.5) is 0 Å². The lowest BCUT2D eigenvalue weighted by molar-refractivity contribution is -0.123. The summed E-state index contributed by atoms with van der Waals surface area (Å²) in [6.45, 7) is 0. The Bertz CT molecular complexity index is 114. The van der Waals surface area contributed by atoms with Gasteiger partial charge in [-0.3, -0.25) is 4.79 Å². The van der Waals surface area contributed by atoms with Gasteiger partial charge in [-0.1, -0.05) is 0 Å². The first kappa shape index (κ1) is 6.55. The predicted octanol–water partition coefficient (Wildman–Crippen LogP) is -0.00500. The Morgan fingerprint density at radius 2 is 2.33 bits per heavy atom. The van der Waals surface area contributed by atoms with Crippen LogP contribution in [0.15, 0.2) is 0 Å². The van der Waals surface area contributed by atoms with E-state index >= 15 is 0 Å². The van der Waals surface area contributed by atoms with Gasteiger partial charge in [0.1, 0.15) is 6.23 Å². The maximum atomic E-state index is 10.6. The highest BCUT2D eigenvalue weighted by atomic mass is 16.3. The lowest BCUT2D eigenvalue weighted by Gasteiger charge is -2.05. The van der Waals surface area contributed by atoms with E-state index in [0.29, 0.717) is 12.8 Å². The second-order valence-electron chi connectivity index (χ2n) is 2.33. The molecule has 52 valence electrons. The molecule has 0 saturated carbocycles. The van der Waals surface area contributed by atoms with Gasteiger partial charge in [0.2, 0.25) is 5.91 Å². The summed E-state index contributed by atoms with van der Waals surface area (Å²) in [5.41, 5.74) is 0. The Balaban J connectivity index is 2.37. The number of aliphatic hydroxyl groups excluding tert-OH is 1. The zero-order valence-electron chi connectivity index (χ0n) is 5.26. The summed E-state index contributed by atoms with van der Waals surface area (Å²) < 4.78 is 0. The van der Waals surface area contributed by atoms with Gasteiger partial charge in [0, 0.05) is 6.42 Å². The Kier molecular flexibility index (Phi) is 2.05. The number of nitrogens with one attached hydrogen (secondary N) is 1. The first-order valence-electron chi connectivity index (χ1n) is 3.26. The van der Waals surface area contributed by atoms with Gasteiger partial charge in [-0.25, -0.2) is 0 Å². The van der Waals surface area contributed by atoms with Crippen LogP contribution in [0, 0.1) is 0 Å². The van der Waals surface area contributed by atoms with E-state index in [2.05, 4.69) is 5.32 Å². The molecule has 0 aromatic carbocycles. The van der Waals surface area contributed by atoms with E-state index in [0.717, 1.165) is 12.8 Å². The fourth-order valence-corrected chi connectivity index (χ4v) is 0.953. The van der Waals surface area contributed by atoms with Crippen molar-refractivity contribution >= 4 is 5.91 Å². The van der Waals surface area contributed by atoms with Crippen LogP contribution in [0.5, 0.6) is 0 Å². The summed E-state index contributed by atoms with van der Waals surface area (Å²) in [4.78, 5) is 10.6. The van der Waals surface area contributed by atoms with Crippen molar-refractivity contribution in [3.8, 4) is 0 Å². The number of rotatable bonds is 0. The maximum absolute atomic E-state index is 10.6. The van der Waals surface area contributed by atoms with E-state index in [-0.39, 0.29) is 5.91 Å². The second kappa shape index (κ2) is 2.82. The molecule has 0 aromatic heterocycles. The van der Waals surface area contributed by atoms with Gasteiger partial charge < -0.3 is 10.4 Å². The summed E-state index contributed by atoms with van der Waals surface area (Å²) in [6, 6.07) is 0. The normalized spacial score (nSPS) is 29.0. The largest absolute Gasteiger partial charge is 0.374 e. The molecule has 1 saturated heterocycles. The highest BCUT2D eigenvalue weighted by Gasteiger charge is 2.12. The van der Waals surface area contributed by atoms with Crippen molar-refractivity contribution in [2.45, 2.75) is 31.9 Å². The summed E-state index contributed by atoms with van der Waals surface area (Å²) in [5.74, 6) is -0.0278. The molecule has 1 fully saturated rings. The number of amides is 1. The Hall–Kier alpha value is -0.570. The summed E-state index contributed by atoms with van der Waals surface area (Å²) >= 11 is 0. The molecule has 1 heterocycles. The van der Waals surface area contributed by atoms with Crippen LogP contribution in [0.3, 0.4) is 0 Å². The molecule has 9 heavy (non-hydrogen) atoms. The minimum atomic E-state index is -0.597. The average Bonchev–Trinajstić information content (AvgIpc) is 1.93. The molecule has 0 bridgehead atoms. The van der Waals surface area contributed by atoms with Gasteiger partial charge in [-0.05, 0) is 19.3 Å². The molecule has 3 nitrogen and oxygen atoms in total. The minimum Gasteiger partial charge on any atom is -0.374 e. The Morgan fingerprint density at radius 3 is 3.11 bits per heavy atom. The molecule has 3 heteroatoms. The monoisotopic (exact) mass is 129 g/mol. The molecule has 2 N–H and O–H groups in total. The first-order valence-corrected chi connectivity index (χ1v) is 3.26. The molecule has 0 aromatic rings. The summed E-state index contributed by atoms with van der Waals surface area (Å²) in [5, 5.41) is 11.4. The maximum Gasteiger partial charge on any atom is 0.221 e. The third-order valence-electron chi connectivity index (χ3n) is 1.46. The van der Waals surface area contributed by atoms with Crippen LogP contribution in [-0.2, 0) is 4.79 Å². The lowest BCUT2D eigenvalue weighted by atomic mass is 10.2. The smallest absolute Gasteiger partial charge is 0.221 e. The van der Waals surface area contributed by atoms with E-state index in [9.17, 15) is 4.79 Å². The van der Waals surface area contributed by atoms with Crippen molar-refractivity contribution in [3.63, 3.8) is 0 Å². The highest BCUT2D eigenvalue weighted by molar-refractivity contribution is 5.76.